The van der Waals surface area contributed by atoms with Crippen LogP contribution in [0.5, 0.6) is 0 Å². The van der Waals surface area contributed by atoms with E-state index in [4.69, 9.17) is 4.74 Å². The highest BCUT2D eigenvalue weighted by Crippen LogP contribution is 2.25. The van der Waals surface area contributed by atoms with E-state index in [0.29, 0.717) is 16.9 Å². The zero-order chi connectivity index (χ0) is 15.0. The van der Waals surface area contributed by atoms with Gasteiger partial charge in [0.2, 0.25) is 0 Å². The number of carbonyl (C=O) groups excluding carboxylic acids is 1. The maximum atomic E-state index is 11.8. The van der Waals surface area contributed by atoms with Crippen LogP contribution in [0.2, 0.25) is 0 Å². The number of hydrogen-bond donors (Lipinski definition) is 1. The van der Waals surface area contributed by atoms with Crippen molar-refractivity contribution < 1.29 is 9.53 Å². The van der Waals surface area contributed by atoms with Gasteiger partial charge in [-0.1, -0.05) is 6.07 Å². The number of para-hydroxylation sites is 1. The summed E-state index contributed by atoms with van der Waals surface area (Å²) in [6.45, 7) is 3.89. The summed E-state index contributed by atoms with van der Waals surface area (Å²) in [4.78, 5) is 24.0. The smallest absolute Gasteiger partial charge is 0.340 e. The molecule has 5 heteroatoms. The average Bonchev–Trinajstić information content (AvgIpc) is 2.89. The molecule has 0 radical (unpaired) electrons. The minimum absolute atomic E-state index is 0.391. The van der Waals surface area contributed by atoms with E-state index in [1.807, 2.05) is 32.0 Å². The van der Waals surface area contributed by atoms with Crippen LogP contribution in [-0.4, -0.2) is 28.0 Å². The summed E-state index contributed by atoms with van der Waals surface area (Å²) in [5.41, 5.74) is 4.64. The third kappa shape index (κ3) is 2.27. The van der Waals surface area contributed by atoms with Crippen LogP contribution >= 0.6 is 0 Å². The number of aryl methyl sites for hydroxylation is 2. The molecule has 21 heavy (non-hydrogen) atoms. The molecular formula is C16H15N3O2. The Bertz CT molecular complexity index is 837. The number of benzene rings is 1. The van der Waals surface area contributed by atoms with E-state index in [-0.39, 0.29) is 0 Å². The number of aromatic nitrogens is 3. The number of ether oxygens (including phenoxy) is 1. The monoisotopic (exact) mass is 281 g/mol. The topological polar surface area (TPSA) is 67.9 Å². The first-order valence-electron chi connectivity index (χ1n) is 6.62. The third-order valence-electron chi connectivity index (χ3n) is 3.40. The van der Waals surface area contributed by atoms with Crippen LogP contribution < -0.4 is 0 Å². The predicted molar refractivity (Wildman–Crippen MR) is 80.1 cm³/mol. The van der Waals surface area contributed by atoms with Crippen molar-refractivity contribution in [1.82, 2.24) is 15.0 Å². The van der Waals surface area contributed by atoms with E-state index in [1.165, 1.54) is 7.11 Å². The highest BCUT2D eigenvalue weighted by atomic mass is 16.5. The molecule has 0 atom stereocenters. The Labute approximate surface area is 122 Å². The molecule has 0 amide bonds. The van der Waals surface area contributed by atoms with Crippen molar-refractivity contribution in [1.29, 1.82) is 0 Å². The first kappa shape index (κ1) is 13.3. The minimum atomic E-state index is -0.391. The fourth-order valence-electron chi connectivity index (χ4n) is 2.37. The number of nitrogens with one attached hydrogen (secondary N) is 1. The lowest BCUT2D eigenvalue weighted by molar-refractivity contribution is 0.0603. The zero-order valence-corrected chi connectivity index (χ0v) is 12.1. The zero-order valence-electron chi connectivity index (χ0n) is 12.1. The maximum absolute atomic E-state index is 11.8. The fraction of sp³-hybridized carbons (Fsp3) is 0.188. The number of rotatable bonds is 2. The number of fused-ring (bicyclic) bond motifs is 1. The molecule has 0 aliphatic rings. The number of hydrogen-bond acceptors (Lipinski definition) is 4. The molecule has 0 aliphatic heterocycles. The second-order valence-corrected chi connectivity index (χ2v) is 4.86. The van der Waals surface area contributed by atoms with Crippen molar-refractivity contribution in [3.05, 3.63) is 47.3 Å². The minimum Gasteiger partial charge on any atom is -0.465 e. The number of carbonyl (C=O) groups is 1. The third-order valence-corrected chi connectivity index (χ3v) is 3.40. The molecule has 3 aromatic rings. The summed E-state index contributed by atoms with van der Waals surface area (Å²) in [6, 6.07) is 9.31. The maximum Gasteiger partial charge on any atom is 0.340 e. The molecule has 0 unspecified atom stereocenters. The number of H-pyrrole nitrogens is 1. The number of pyridine rings is 1. The number of aromatic amines is 1. The normalized spacial score (nSPS) is 10.8. The molecular weight excluding hydrogens is 266 g/mol. The van der Waals surface area contributed by atoms with Crippen LogP contribution in [0.25, 0.3) is 22.4 Å². The van der Waals surface area contributed by atoms with Crippen LogP contribution in [0, 0.1) is 13.8 Å². The lowest BCUT2D eigenvalue weighted by Gasteiger charge is -2.02. The first-order chi connectivity index (χ1) is 10.1. The summed E-state index contributed by atoms with van der Waals surface area (Å²) >= 11 is 0. The van der Waals surface area contributed by atoms with Crippen molar-refractivity contribution in [2.45, 2.75) is 13.8 Å². The van der Waals surface area contributed by atoms with Gasteiger partial charge in [0.05, 0.1) is 18.2 Å². The Morgan fingerprint density at radius 3 is 2.67 bits per heavy atom. The van der Waals surface area contributed by atoms with Gasteiger partial charge in [0.1, 0.15) is 11.3 Å². The van der Waals surface area contributed by atoms with E-state index in [1.54, 1.807) is 12.1 Å². The van der Waals surface area contributed by atoms with Gasteiger partial charge >= 0.3 is 5.97 Å². The lowest BCUT2D eigenvalue weighted by atomic mass is 10.2. The number of esters is 1. The van der Waals surface area contributed by atoms with Gasteiger partial charge in [-0.2, -0.15) is 0 Å². The number of nitrogens with zero attached hydrogens (tertiary/aromatic N) is 2. The van der Waals surface area contributed by atoms with E-state index in [9.17, 15) is 4.79 Å². The Kier molecular flexibility index (Phi) is 3.17. The quantitative estimate of drug-likeness (QED) is 0.733. The molecule has 0 saturated heterocycles. The van der Waals surface area contributed by atoms with Crippen molar-refractivity contribution in [3.8, 4) is 11.4 Å². The molecule has 2 heterocycles. The summed E-state index contributed by atoms with van der Waals surface area (Å²) in [5, 5.41) is 0. The van der Waals surface area contributed by atoms with E-state index >= 15 is 0 Å². The number of methoxy groups -OCH3 is 1. The van der Waals surface area contributed by atoms with Gasteiger partial charge in [0.15, 0.2) is 0 Å². The van der Waals surface area contributed by atoms with Gasteiger partial charge in [-0.3, -0.25) is 4.98 Å². The fourth-order valence-corrected chi connectivity index (χ4v) is 2.37. The standard InChI is InChI=1S/C16H15N3O2/c1-9-7-8-11(10(2)17-9)15-18-13-6-4-5-12(14(13)19-15)16(20)21-3/h4-8H,1-3H3,(H,18,19). The SMILES string of the molecule is COC(=O)c1cccc2[nH]c(-c3ccc(C)nc3C)nc12. The van der Waals surface area contributed by atoms with Crippen molar-refractivity contribution in [2.24, 2.45) is 0 Å². The Hall–Kier alpha value is -2.69. The second-order valence-electron chi connectivity index (χ2n) is 4.86. The van der Waals surface area contributed by atoms with Crippen LogP contribution in [0.1, 0.15) is 21.7 Å². The molecule has 0 fully saturated rings. The molecule has 0 spiro atoms. The van der Waals surface area contributed by atoms with E-state index < -0.39 is 5.97 Å². The largest absolute Gasteiger partial charge is 0.465 e. The Balaban J connectivity index is 2.19. The van der Waals surface area contributed by atoms with E-state index in [0.717, 1.165) is 22.5 Å². The summed E-state index contributed by atoms with van der Waals surface area (Å²) in [5.74, 6) is 0.309. The molecule has 0 bridgehead atoms. The lowest BCUT2D eigenvalue weighted by Crippen LogP contribution is -2.01. The molecule has 1 aromatic carbocycles. The second kappa shape index (κ2) is 5.01. The van der Waals surface area contributed by atoms with Gasteiger partial charge < -0.3 is 9.72 Å². The van der Waals surface area contributed by atoms with Gasteiger partial charge in [0.25, 0.3) is 0 Å². The van der Waals surface area contributed by atoms with Gasteiger partial charge in [-0.05, 0) is 38.1 Å². The summed E-state index contributed by atoms with van der Waals surface area (Å²) in [6.07, 6.45) is 0. The van der Waals surface area contributed by atoms with Crippen LogP contribution in [0.15, 0.2) is 30.3 Å². The molecule has 1 N–H and O–H groups in total. The summed E-state index contributed by atoms with van der Waals surface area (Å²) < 4.78 is 4.79. The van der Waals surface area contributed by atoms with Crippen molar-refractivity contribution in [2.75, 3.05) is 7.11 Å². The van der Waals surface area contributed by atoms with Gasteiger partial charge in [-0.25, -0.2) is 9.78 Å². The molecule has 5 nitrogen and oxygen atoms in total. The highest BCUT2D eigenvalue weighted by molar-refractivity contribution is 6.02. The predicted octanol–water partition coefficient (Wildman–Crippen LogP) is 3.03. The first-order valence-corrected chi connectivity index (χ1v) is 6.62. The highest BCUT2D eigenvalue weighted by Gasteiger charge is 2.15. The van der Waals surface area contributed by atoms with Crippen molar-refractivity contribution in [3.63, 3.8) is 0 Å². The van der Waals surface area contributed by atoms with E-state index in [2.05, 4.69) is 15.0 Å². The molecule has 0 aliphatic carbocycles. The average molecular weight is 281 g/mol. The molecule has 106 valence electrons. The summed E-state index contributed by atoms with van der Waals surface area (Å²) in [7, 11) is 1.36. The molecule has 2 aromatic heterocycles. The van der Waals surface area contributed by atoms with Crippen LogP contribution in [0.4, 0.5) is 0 Å². The number of imidazole rings is 1. The van der Waals surface area contributed by atoms with Gasteiger partial charge in [-0.15, -0.1) is 0 Å². The Morgan fingerprint density at radius 2 is 1.95 bits per heavy atom. The van der Waals surface area contributed by atoms with Gasteiger partial charge in [0, 0.05) is 17.0 Å². The van der Waals surface area contributed by atoms with Crippen LogP contribution in [-0.2, 0) is 4.74 Å². The van der Waals surface area contributed by atoms with Crippen molar-refractivity contribution >= 4 is 17.0 Å². The molecule has 3 rings (SSSR count). The molecule has 0 saturated carbocycles. The Morgan fingerprint density at radius 1 is 1.14 bits per heavy atom. The van der Waals surface area contributed by atoms with Crippen LogP contribution in [0.3, 0.4) is 0 Å².